The maximum atomic E-state index is 12.0. The van der Waals surface area contributed by atoms with Gasteiger partial charge in [-0.1, -0.05) is 37.3 Å². The van der Waals surface area contributed by atoms with Gasteiger partial charge in [0.05, 0.1) is 0 Å². The maximum Gasteiger partial charge on any atom is 0.257 e. The number of anilines is 1. The summed E-state index contributed by atoms with van der Waals surface area (Å²) in [5.74, 6) is -0.137. The van der Waals surface area contributed by atoms with Gasteiger partial charge in [-0.2, -0.15) is 0 Å². The van der Waals surface area contributed by atoms with E-state index in [1.165, 1.54) is 16.9 Å². The summed E-state index contributed by atoms with van der Waals surface area (Å²) in [6, 6.07) is 7.61. The van der Waals surface area contributed by atoms with Crippen LogP contribution in [0.5, 0.6) is 0 Å². The van der Waals surface area contributed by atoms with E-state index in [-0.39, 0.29) is 5.91 Å². The fourth-order valence-electron chi connectivity index (χ4n) is 1.68. The van der Waals surface area contributed by atoms with E-state index < -0.39 is 0 Å². The highest BCUT2D eigenvalue weighted by Crippen LogP contribution is 2.17. The van der Waals surface area contributed by atoms with E-state index >= 15 is 0 Å². The number of aromatic nitrogens is 2. The number of nitrogens with zero attached hydrogens (tertiary/aromatic N) is 2. The van der Waals surface area contributed by atoms with Crippen molar-refractivity contribution in [2.24, 2.45) is 0 Å². The van der Waals surface area contributed by atoms with E-state index in [4.69, 9.17) is 0 Å². The molecule has 4 nitrogen and oxygen atoms in total. The molecule has 0 aliphatic heterocycles. The number of nitrogens with one attached hydrogen (secondary N) is 1. The van der Waals surface area contributed by atoms with Crippen molar-refractivity contribution in [3.05, 3.63) is 40.4 Å². The van der Waals surface area contributed by atoms with Crippen LogP contribution in [0.1, 0.15) is 41.2 Å². The van der Waals surface area contributed by atoms with Gasteiger partial charge in [0.15, 0.2) is 0 Å². The van der Waals surface area contributed by atoms with Crippen molar-refractivity contribution in [1.82, 2.24) is 10.2 Å². The number of carbonyl (C=O) groups is 1. The normalized spacial score (nSPS) is 10.4. The first kappa shape index (κ1) is 13.7. The number of aryl methyl sites for hydroxylation is 2. The molecule has 0 saturated heterocycles. The van der Waals surface area contributed by atoms with Crippen molar-refractivity contribution in [1.29, 1.82) is 0 Å². The average molecular weight is 275 g/mol. The molecule has 5 heteroatoms. The zero-order valence-corrected chi connectivity index (χ0v) is 12.0. The van der Waals surface area contributed by atoms with Crippen molar-refractivity contribution >= 4 is 22.4 Å². The Bertz CT molecular complexity index is 548. The number of hydrogen-bond acceptors (Lipinski definition) is 4. The first-order valence-corrected chi connectivity index (χ1v) is 7.27. The Balaban J connectivity index is 2.02. The first-order valence-electron chi connectivity index (χ1n) is 6.45. The second-order valence-electron chi connectivity index (χ2n) is 4.26. The molecule has 0 spiro atoms. The minimum absolute atomic E-state index is 0.137. The fraction of sp³-hybridized carbons (Fsp3) is 0.357. The summed E-state index contributed by atoms with van der Waals surface area (Å²) in [6.07, 6.45) is 2.90. The van der Waals surface area contributed by atoms with Crippen LogP contribution in [0.3, 0.4) is 0 Å². The minimum atomic E-state index is -0.137. The van der Waals surface area contributed by atoms with Gasteiger partial charge in [-0.3, -0.25) is 10.1 Å². The third-order valence-corrected chi connectivity index (χ3v) is 3.67. The average Bonchev–Trinajstić information content (AvgIpc) is 2.86. The molecule has 0 fully saturated rings. The van der Waals surface area contributed by atoms with Crippen LogP contribution in [-0.4, -0.2) is 16.1 Å². The van der Waals surface area contributed by atoms with Gasteiger partial charge < -0.3 is 0 Å². The predicted molar refractivity (Wildman–Crippen MR) is 77.7 cm³/mol. The largest absolute Gasteiger partial charge is 0.296 e. The lowest BCUT2D eigenvalue weighted by molar-refractivity contribution is 0.102. The van der Waals surface area contributed by atoms with Gasteiger partial charge in [0.1, 0.15) is 5.01 Å². The highest BCUT2D eigenvalue weighted by molar-refractivity contribution is 7.15. The molecule has 19 heavy (non-hydrogen) atoms. The van der Waals surface area contributed by atoms with Crippen molar-refractivity contribution in [2.45, 2.75) is 33.1 Å². The second kappa shape index (κ2) is 6.43. The monoisotopic (exact) mass is 275 g/mol. The summed E-state index contributed by atoms with van der Waals surface area (Å²) in [4.78, 5) is 12.0. The van der Waals surface area contributed by atoms with Crippen LogP contribution in [0, 0.1) is 0 Å². The topological polar surface area (TPSA) is 54.9 Å². The molecular formula is C14H17N3OS. The Morgan fingerprint density at radius 2 is 1.95 bits per heavy atom. The molecule has 2 rings (SSSR count). The van der Waals surface area contributed by atoms with Crippen LogP contribution < -0.4 is 5.32 Å². The van der Waals surface area contributed by atoms with Crippen LogP contribution in [0.15, 0.2) is 24.3 Å². The molecule has 100 valence electrons. The van der Waals surface area contributed by atoms with Crippen molar-refractivity contribution in [3.63, 3.8) is 0 Å². The minimum Gasteiger partial charge on any atom is -0.296 e. The molecule has 0 unspecified atom stereocenters. The summed E-state index contributed by atoms with van der Waals surface area (Å²) in [5, 5.41) is 12.3. The SMILES string of the molecule is CCCc1nnc(NC(=O)c2ccc(CC)cc2)s1. The first-order chi connectivity index (χ1) is 9.22. The van der Waals surface area contributed by atoms with Crippen LogP contribution in [0.4, 0.5) is 5.13 Å². The third-order valence-electron chi connectivity index (χ3n) is 2.78. The molecule has 1 amide bonds. The van der Waals surface area contributed by atoms with Gasteiger partial charge in [0.25, 0.3) is 5.91 Å². The number of benzene rings is 1. The Morgan fingerprint density at radius 1 is 1.21 bits per heavy atom. The molecule has 0 aliphatic rings. The van der Waals surface area contributed by atoms with Gasteiger partial charge in [-0.25, -0.2) is 0 Å². The summed E-state index contributed by atoms with van der Waals surface area (Å²) >= 11 is 1.43. The fourth-order valence-corrected chi connectivity index (χ4v) is 2.52. The molecule has 0 atom stereocenters. The van der Waals surface area contributed by atoms with Gasteiger partial charge in [-0.15, -0.1) is 10.2 Å². The molecule has 1 aromatic carbocycles. The van der Waals surface area contributed by atoms with Crippen LogP contribution >= 0.6 is 11.3 Å². The van der Waals surface area contributed by atoms with E-state index in [1.54, 1.807) is 0 Å². The summed E-state index contributed by atoms with van der Waals surface area (Å²) in [6.45, 7) is 4.18. The Morgan fingerprint density at radius 3 is 2.58 bits per heavy atom. The van der Waals surface area contributed by atoms with E-state index in [2.05, 4.69) is 29.4 Å². The van der Waals surface area contributed by atoms with Crippen molar-refractivity contribution in [3.8, 4) is 0 Å². The lowest BCUT2D eigenvalue weighted by Gasteiger charge is -2.02. The zero-order chi connectivity index (χ0) is 13.7. The molecule has 1 aromatic heterocycles. The molecule has 1 heterocycles. The Labute approximate surface area is 116 Å². The van der Waals surface area contributed by atoms with Gasteiger partial charge >= 0.3 is 0 Å². The Hall–Kier alpha value is -1.75. The summed E-state index contributed by atoms with van der Waals surface area (Å²) < 4.78 is 0. The lowest BCUT2D eigenvalue weighted by atomic mass is 10.1. The lowest BCUT2D eigenvalue weighted by Crippen LogP contribution is -2.11. The van der Waals surface area contributed by atoms with Crippen LogP contribution in [-0.2, 0) is 12.8 Å². The second-order valence-corrected chi connectivity index (χ2v) is 5.32. The van der Waals surface area contributed by atoms with E-state index in [1.807, 2.05) is 24.3 Å². The smallest absolute Gasteiger partial charge is 0.257 e. The van der Waals surface area contributed by atoms with Gasteiger partial charge in [0, 0.05) is 12.0 Å². The Kier molecular flexibility index (Phi) is 4.63. The quantitative estimate of drug-likeness (QED) is 0.910. The van der Waals surface area contributed by atoms with Crippen molar-refractivity contribution < 1.29 is 4.79 Å². The van der Waals surface area contributed by atoms with Crippen LogP contribution in [0.25, 0.3) is 0 Å². The molecule has 0 aliphatic carbocycles. The van der Waals surface area contributed by atoms with Crippen molar-refractivity contribution in [2.75, 3.05) is 5.32 Å². The molecule has 1 N–H and O–H groups in total. The van der Waals surface area contributed by atoms with Gasteiger partial charge in [-0.05, 0) is 30.5 Å². The highest BCUT2D eigenvalue weighted by Gasteiger charge is 2.09. The standard InChI is InChI=1S/C14H17N3OS/c1-3-5-12-16-17-14(19-12)15-13(18)11-8-6-10(4-2)7-9-11/h6-9H,3-5H2,1-2H3,(H,15,17,18). The predicted octanol–water partition coefficient (Wildman–Crippen LogP) is 3.31. The number of amides is 1. The van der Waals surface area contributed by atoms with E-state index in [0.29, 0.717) is 10.7 Å². The van der Waals surface area contributed by atoms with Crippen LogP contribution in [0.2, 0.25) is 0 Å². The summed E-state index contributed by atoms with van der Waals surface area (Å²) in [7, 11) is 0. The third kappa shape index (κ3) is 3.61. The van der Waals surface area contributed by atoms with Gasteiger partial charge in [0.2, 0.25) is 5.13 Å². The molecule has 0 bridgehead atoms. The summed E-state index contributed by atoms with van der Waals surface area (Å²) in [5.41, 5.74) is 1.86. The zero-order valence-electron chi connectivity index (χ0n) is 11.1. The van der Waals surface area contributed by atoms with E-state index in [0.717, 1.165) is 24.3 Å². The number of rotatable bonds is 5. The molecule has 0 radical (unpaired) electrons. The number of carbonyl (C=O) groups excluding carboxylic acids is 1. The molecular weight excluding hydrogens is 258 g/mol. The highest BCUT2D eigenvalue weighted by atomic mass is 32.1. The molecule has 0 saturated carbocycles. The van der Waals surface area contributed by atoms with E-state index in [9.17, 15) is 4.79 Å². The number of hydrogen-bond donors (Lipinski definition) is 1. The maximum absolute atomic E-state index is 12.0. The molecule has 2 aromatic rings.